The van der Waals surface area contributed by atoms with Crippen LogP contribution < -0.4 is 5.73 Å². The standard InChI is InChI=1S/C16H33N3S/c1-5-14(2)18-7-9-19(10-8-18)16(12-17)13-20-11-6-15(16,3)4/h14H,5-13,17H2,1-4H3. The van der Waals surface area contributed by atoms with Crippen LogP contribution >= 0.6 is 11.8 Å². The summed E-state index contributed by atoms with van der Waals surface area (Å²) >= 11 is 2.10. The van der Waals surface area contributed by atoms with Crippen LogP contribution in [-0.4, -0.2) is 65.6 Å². The van der Waals surface area contributed by atoms with Crippen LogP contribution in [0, 0.1) is 5.41 Å². The Bertz CT molecular complexity index is 313. The average Bonchev–Trinajstić information content (AvgIpc) is 2.46. The van der Waals surface area contributed by atoms with Crippen LogP contribution in [0.5, 0.6) is 0 Å². The fourth-order valence-electron chi connectivity index (χ4n) is 3.83. The quantitative estimate of drug-likeness (QED) is 0.863. The van der Waals surface area contributed by atoms with Crippen molar-refractivity contribution in [3.63, 3.8) is 0 Å². The molecule has 2 saturated heterocycles. The summed E-state index contributed by atoms with van der Waals surface area (Å²) in [4.78, 5) is 5.36. The average molecular weight is 300 g/mol. The smallest absolute Gasteiger partial charge is 0.0474 e. The highest BCUT2D eigenvalue weighted by atomic mass is 32.2. The summed E-state index contributed by atoms with van der Waals surface area (Å²) in [5, 5.41) is 0. The molecule has 0 bridgehead atoms. The summed E-state index contributed by atoms with van der Waals surface area (Å²) in [7, 11) is 0. The van der Waals surface area contributed by atoms with Gasteiger partial charge in [-0.25, -0.2) is 0 Å². The van der Waals surface area contributed by atoms with E-state index in [0.29, 0.717) is 5.41 Å². The maximum absolute atomic E-state index is 6.30. The zero-order valence-corrected chi connectivity index (χ0v) is 14.6. The summed E-state index contributed by atoms with van der Waals surface area (Å²) in [5.74, 6) is 2.50. The summed E-state index contributed by atoms with van der Waals surface area (Å²) in [5.41, 5.74) is 6.84. The van der Waals surface area contributed by atoms with Gasteiger partial charge in [0.2, 0.25) is 0 Å². The van der Waals surface area contributed by atoms with Crippen LogP contribution in [0.3, 0.4) is 0 Å². The molecular weight excluding hydrogens is 266 g/mol. The van der Waals surface area contributed by atoms with E-state index in [2.05, 4.69) is 49.3 Å². The molecule has 3 nitrogen and oxygen atoms in total. The van der Waals surface area contributed by atoms with Crippen molar-refractivity contribution in [2.75, 3.05) is 44.2 Å². The maximum atomic E-state index is 6.30. The molecule has 0 amide bonds. The molecule has 4 heteroatoms. The van der Waals surface area contributed by atoms with E-state index in [1.807, 2.05) is 0 Å². The molecular formula is C16H33N3S. The van der Waals surface area contributed by atoms with E-state index in [-0.39, 0.29) is 5.54 Å². The van der Waals surface area contributed by atoms with Crippen molar-refractivity contribution in [3.8, 4) is 0 Å². The molecule has 0 radical (unpaired) electrons. The minimum Gasteiger partial charge on any atom is -0.329 e. The molecule has 2 N–H and O–H groups in total. The molecule has 0 aromatic rings. The van der Waals surface area contributed by atoms with Crippen molar-refractivity contribution in [3.05, 3.63) is 0 Å². The van der Waals surface area contributed by atoms with Gasteiger partial charge in [-0.1, -0.05) is 20.8 Å². The normalized spacial score (nSPS) is 34.0. The topological polar surface area (TPSA) is 32.5 Å². The largest absolute Gasteiger partial charge is 0.329 e. The van der Waals surface area contributed by atoms with Gasteiger partial charge in [0, 0.05) is 50.1 Å². The number of rotatable bonds is 4. The lowest BCUT2D eigenvalue weighted by Crippen LogP contribution is -2.69. The van der Waals surface area contributed by atoms with Gasteiger partial charge in [-0.05, 0) is 30.9 Å². The lowest BCUT2D eigenvalue weighted by atomic mass is 9.69. The van der Waals surface area contributed by atoms with E-state index in [4.69, 9.17) is 5.73 Å². The van der Waals surface area contributed by atoms with Gasteiger partial charge in [0.25, 0.3) is 0 Å². The first-order valence-electron chi connectivity index (χ1n) is 8.24. The summed E-state index contributed by atoms with van der Waals surface area (Å²) in [6, 6.07) is 0.722. The Morgan fingerprint density at radius 3 is 2.35 bits per heavy atom. The van der Waals surface area contributed by atoms with Gasteiger partial charge >= 0.3 is 0 Å². The number of nitrogens with two attached hydrogens (primary N) is 1. The molecule has 2 fully saturated rings. The van der Waals surface area contributed by atoms with E-state index in [9.17, 15) is 0 Å². The second kappa shape index (κ2) is 6.55. The van der Waals surface area contributed by atoms with E-state index < -0.39 is 0 Å². The molecule has 20 heavy (non-hydrogen) atoms. The number of nitrogens with zero attached hydrogens (tertiary/aromatic N) is 2. The second-order valence-corrected chi connectivity index (χ2v) is 8.31. The van der Waals surface area contributed by atoms with Crippen LogP contribution in [0.1, 0.15) is 40.5 Å². The molecule has 0 saturated carbocycles. The molecule has 0 aromatic heterocycles. The van der Waals surface area contributed by atoms with Crippen LogP contribution in [0.2, 0.25) is 0 Å². The lowest BCUT2D eigenvalue weighted by molar-refractivity contribution is -0.0340. The molecule has 0 spiro atoms. The van der Waals surface area contributed by atoms with Crippen molar-refractivity contribution in [2.24, 2.45) is 11.1 Å². The van der Waals surface area contributed by atoms with Crippen LogP contribution in [0.15, 0.2) is 0 Å². The van der Waals surface area contributed by atoms with Gasteiger partial charge in [0.1, 0.15) is 0 Å². The van der Waals surface area contributed by atoms with Gasteiger partial charge in [0.05, 0.1) is 0 Å². The van der Waals surface area contributed by atoms with Crippen molar-refractivity contribution < 1.29 is 0 Å². The Morgan fingerprint density at radius 1 is 1.20 bits per heavy atom. The number of piperazine rings is 1. The first-order chi connectivity index (χ1) is 9.47. The van der Waals surface area contributed by atoms with Crippen molar-refractivity contribution in [1.29, 1.82) is 0 Å². The Morgan fingerprint density at radius 2 is 1.85 bits per heavy atom. The highest BCUT2D eigenvalue weighted by Gasteiger charge is 2.50. The first-order valence-corrected chi connectivity index (χ1v) is 9.39. The Hall–Kier alpha value is 0.230. The van der Waals surface area contributed by atoms with E-state index in [1.165, 1.54) is 50.5 Å². The molecule has 0 aromatic carbocycles. The van der Waals surface area contributed by atoms with Crippen molar-refractivity contribution in [2.45, 2.75) is 52.1 Å². The number of hydrogen-bond donors (Lipinski definition) is 1. The lowest BCUT2D eigenvalue weighted by Gasteiger charge is -2.57. The van der Waals surface area contributed by atoms with Crippen LogP contribution in [-0.2, 0) is 0 Å². The third-order valence-electron chi connectivity index (χ3n) is 5.94. The molecule has 2 rings (SSSR count). The third-order valence-corrected chi connectivity index (χ3v) is 7.12. The third kappa shape index (κ3) is 2.90. The predicted octanol–water partition coefficient (Wildman–Crippen LogP) is 2.26. The zero-order chi connectivity index (χ0) is 14.8. The molecule has 0 aliphatic carbocycles. The Balaban J connectivity index is 2.06. The number of hydrogen-bond acceptors (Lipinski definition) is 4. The number of thioether (sulfide) groups is 1. The minimum atomic E-state index is 0.206. The SMILES string of the molecule is CCC(C)N1CCN(C2(CN)CSCCC2(C)C)CC1. The monoisotopic (exact) mass is 299 g/mol. The second-order valence-electron chi connectivity index (χ2n) is 7.20. The van der Waals surface area contributed by atoms with Crippen molar-refractivity contribution in [1.82, 2.24) is 9.80 Å². The zero-order valence-electron chi connectivity index (χ0n) is 13.8. The minimum absolute atomic E-state index is 0.206. The predicted molar refractivity (Wildman–Crippen MR) is 90.4 cm³/mol. The summed E-state index contributed by atoms with van der Waals surface area (Å²) in [6.07, 6.45) is 2.55. The van der Waals surface area contributed by atoms with Gasteiger partial charge in [-0.3, -0.25) is 9.80 Å². The van der Waals surface area contributed by atoms with Gasteiger partial charge < -0.3 is 5.73 Å². The van der Waals surface area contributed by atoms with Crippen LogP contribution in [0.25, 0.3) is 0 Å². The summed E-state index contributed by atoms with van der Waals surface area (Å²) < 4.78 is 0. The maximum Gasteiger partial charge on any atom is 0.0474 e. The van der Waals surface area contributed by atoms with E-state index in [0.717, 1.165) is 12.6 Å². The van der Waals surface area contributed by atoms with Crippen LogP contribution in [0.4, 0.5) is 0 Å². The molecule has 2 aliphatic rings. The fourth-order valence-corrected chi connectivity index (χ4v) is 5.66. The fraction of sp³-hybridized carbons (Fsp3) is 1.00. The highest BCUT2D eigenvalue weighted by Crippen LogP contribution is 2.45. The molecule has 2 atom stereocenters. The van der Waals surface area contributed by atoms with Gasteiger partial charge in [0.15, 0.2) is 0 Å². The summed E-state index contributed by atoms with van der Waals surface area (Å²) in [6.45, 7) is 15.1. The van der Waals surface area contributed by atoms with E-state index in [1.54, 1.807) is 0 Å². The first kappa shape index (κ1) is 16.6. The molecule has 118 valence electrons. The Kier molecular flexibility index (Phi) is 5.44. The Labute approximate surface area is 129 Å². The van der Waals surface area contributed by atoms with E-state index >= 15 is 0 Å². The molecule has 2 unspecified atom stereocenters. The van der Waals surface area contributed by atoms with Crippen molar-refractivity contribution >= 4 is 11.8 Å². The highest BCUT2D eigenvalue weighted by molar-refractivity contribution is 7.99. The molecule has 2 heterocycles. The molecule has 2 aliphatic heterocycles. The van der Waals surface area contributed by atoms with Gasteiger partial charge in [-0.2, -0.15) is 11.8 Å². The van der Waals surface area contributed by atoms with Gasteiger partial charge in [-0.15, -0.1) is 0 Å².